The summed E-state index contributed by atoms with van der Waals surface area (Å²) < 4.78 is 0. The molecular formula is C13H17N3O3. The molecule has 1 heterocycles. The lowest BCUT2D eigenvalue weighted by molar-refractivity contribution is -0.142. The zero-order valence-corrected chi connectivity index (χ0v) is 10.6. The summed E-state index contributed by atoms with van der Waals surface area (Å²) in [4.78, 5) is 31.0. The predicted molar refractivity (Wildman–Crippen MR) is 67.5 cm³/mol. The van der Waals surface area contributed by atoms with E-state index in [1.54, 1.807) is 0 Å². The molecule has 1 fully saturated rings. The van der Waals surface area contributed by atoms with Crippen molar-refractivity contribution >= 4 is 11.9 Å². The molecule has 6 nitrogen and oxygen atoms in total. The van der Waals surface area contributed by atoms with E-state index >= 15 is 0 Å². The maximum Gasteiger partial charge on any atom is 0.308 e. The third-order valence-electron chi connectivity index (χ3n) is 3.45. The molecule has 1 aliphatic carbocycles. The number of aliphatic carboxylic acids is 1. The molecule has 0 bridgehead atoms. The second-order valence-corrected chi connectivity index (χ2v) is 4.75. The summed E-state index contributed by atoms with van der Waals surface area (Å²) in [6.07, 6.45) is 8.47. The Bertz CT molecular complexity index is 450. The number of carbonyl (C=O) groups is 2. The lowest BCUT2D eigenvalue weighted by Gasteiger charge is -2.22. The Morgan fingerprint density at radius 1 is 1.21 bits per heavy atom. The average Bonchev–Trinajstić information content (AvgIpc) is 2.65. The Morgan fingerprint density at radius 3 is 2.68 bits per heavy atom. The number of carboxylic acid groups (broad SMARTS) is 1. The normalized spacial score (nSPS) is 23.4. The summed E-state index contributed by atoms with van der Waals surface area (Å²) in [5, 5.41) is 12.0. The van der Waals surface area contributed by atoms with E-state index in [9.17, 15) is 14.7 Å². The van der Waals surface area contributed by atoms with Crippen LogP contribution in [-0.4, -0.2) is 33.0 Å². The first-order valence-electron chi connectivity index (χ1n) is 6.48. The number of nitrogens with one attached hydrogen (secondary N) is 1. The monoisotopic (exact) mass is 263 g/mol. The van der Waals surface area contributed by atoms with Crippen LogP contribution >= 0.6 is 0 Å². The van der Waals surface area contributed by atoms with Crippen LogP contribution in [0, 0.1) is 5.92 Å². The summed E-state index contributed by atoms with van der Waals surface area (Å²) >= 11 is 0. The van der Waals surface area contributed by atoms with E-state index in [0.717, 1.165) is 19.3 Å². The summed E-state index contributed by atoms with van der Waals surface area (Å²) in [6.45, 7) is 0. The highest BCUT2D eigenvalue weighted by Gasteiger charge is 2.30. The van der Waals surface area contributed by atoms with E-state index in [2.05, 4.69) is 15.3 Å². The zero-order chi connectivity index (χ0) is 13.7. The number of carboxylic acids is 1. The Hall–Kier alpha value is -1.98. The van der Waals surface area contributed by atoms with Gasteiger partial charge in [0, 0.05) is 18.4 Å². The molecule has 1 aromatic heterocycles. The van der Waals surface area contributed by atoms with Gasteiger partial charge in [0.2, 0.25) is 0 Å². The lowest BCUT2D eigenvalue weighted by Crippen LogP contribution is -2.43. The molecule has 0 spiro atoms. The van der Waals surface area contributed by atoms with Gasteiger partial charge in [-0.3, -0.25) is 14.6 Å². The maximum absolute atomic E-state index is 12.0. The summed E-state index contributed by atoms with van der Waals surface area (Å²) in [5.74, 6) is -1.71. The molecule has 2 atom stereocenters. The van der Waals surface area contributed by atoms with Gasteiger partial charge in [0.1, 0.15) is 5.69 Å². The molecule has 1 saturated carbocycles. The first kappa shape index (κ1) is 13.5. The van der Waals surface area contributed by atoms with E-state index < -0.39 is 11.9 Å². The molecule has 0 aromatic carbocycles. The molecule has 0 unspecified atom stereocenters. The Morgan fingerprint density at radius 2 is 2.00 bits per heavy atom. The summed E-state index contributed by atoms with van der Waals surface area (Å²) in [6, 6.07) is -0.325. The SMILES string of the molecule is O=C(N[C@H]1CCCCC[C@H]1C(=O)O)c1cnccn1. The van der Waals surface area contributed by atoms with E-state index in [0.29, 0.717) is 12.8 Å². The standard InChI is InChI=1S/C13H17N3O3/c17-12(11-8-14-6-7-15-11)16-10-5-3-1-2-4-9(10)13(18)19/h6-10H,1-5H2,(H,16,17)(H,18,19)/t9-,10+/m1/s1. The van der Waals surface area contributed by atoms with E-state index in [1.165, 1.54) is 18.6 Å². The fraction of sp³-hybridized carbons (Fsp3) is 0.538. The smallest absolute Gasteiger partial charge is 0.308 e. The van der Waals surface area contributed by atoms with E-state index in [4.69, 9.17) is 0 Å². The quantitative estimate of drug-likeness (QED) is 0.800. The third kappa shape index (κ3) is 3.49. The van der Waals surface area contributed by atoms with Gasteiger partial charge in [0.05, 0.1) is 12.1 Å². The number of hydrogen-bond acceptors (Lipinski definition) is 4. The minimum absolute atomic E-state index is 0.218. The highest BCUT2D eigenvalue weighted by Crippen LogP contribution is 2.24. The molecule has 2 rings (SSSR count). The molecule has 1 aliphatic rings. The van der Waals surface area contributed by atoms with Crippen molar-refractivity contribution in [3.63, 3.8) is 0 Å². The number of hydrogen-bond donors (Lipinski definition) is 2. The maximum atomic E-state index is 12.0. The van der Waals surface area contributed by atoms with Crippen molar-refractivity contribution in [1.82, 2.24) is 15.3 Å². The zero-order valence-electron chi connectivity index (χ0n) is 10.6. The van der Waals surface area contributed by atoms with Crippen LogP contribution in [0.15, 0.2) is 18.6 Å². The Balaban J connectivity index is 2.06. The molecule has 1 aromatic rings. The number of rotatable bonds is 3. The highest BCUT2D eigenvalue weighted by molar-refractivity contribution is 5.92. The van der Waals surface area contributed by atoms with Gasteiger partial charge < -0.3 is 10.4 Å². The van der Waals surface area contributed by atoms with Crippen molar-refractivity contribution < 1.29 is 14.7 Å². The Kier molecular flexibility index (Phi) is 4.43. The molecule has 0 aliphatic heterocycles. The molecule has 0 radical (unpaired) electrons. The van der Waals surface area contributed by atoms with Gasteiger partial charge >= 0.3 is 5.97 Å². The number of carbonyl (C=O) groups excluding carboxylic acids is 1. The van der Waals surface area contributed by atoms with Crippen LogP contribution in [0.25, 0.3) is 0 Å². The van der Waals surface area contributed by atoms with Crippen LogP contribution in [-0.2, 0) is 4.79 Å². The molecular weight excluding hydrogens is 246 g/mol. The van der Waals surface area contributed by atoms with Crippen LogP contribution < -0.4 is 5.32 Å². The predicted octanol–water partition coefficient (Wildman–Crippen LogP) is 1.24. The highest BCUT2D eigenvalue weighted by atomic mass is 16.4. The second kappa shape index (κ2) is 6.26. The first-order chi connectivity index (χ1) is 9.18. The van der Waals surface area contributed by atoms with Crippen molar-refractivity contribution in [1.29, 1.82) is 0 Å². The van der Waals surface area contributed by atoms with Crippen molar-refractivity contribution in [2.45, 2.75) is 38.1 Å². The van der Waals surface area contributed by atoms with Crippen molar-refractivity contribution in [2.24, 2.45) is 5.92 Å². The number of amides is 1. The Labute approximate surface area is 111 Å². The third-order valence-corrected chi connectivity index (χ3v) is 3.45. The van der Waals surface area contributed by atoms with Gasteiger partial charge in [0.25, 0.3) is 5.91 Å². The van der Waals surface area contributed by atoms with Gasteiger partial charge in [0.15, 0.2) is 0 Å². The molecule has 1 amide bonds. The van der Waals surface area contributed by atoms with Crippen LogP contribution in [0.1, 0.15) is 42.6 Å². The minimum Gasteiger partial charge on any atom is -0.481 e. The largest absolute Gasteiger partial charge is 0.481 e. The van der Waals surface area contributed by atoms with E-state index in [1.807, 2.05) is 0 Å². The molecule has 19 heavy (non-hydrogen) atoms. The lowest BCUT2D eigenvalue weighted by atomic mass is 9.95. The first-order valence-corrected chi connectivity index (χ1v) is 6.48. The fourth-order valence-corrected chi connectivity index (χ4v) is 2.43. The van der Waals surface area contributed by atoms with Gasteiger partial charge in [-0.15, -0.1) is 0 Å². The topological polar surface area (TPSA) is 92.2 Å². The second-order valence-electron chi connectivity index (χ2n) is 4.75. The van der Waals surface area contributed by atoms with Crippen molar-refractivity contribution in [2.75, 3.05) is 0 Å². The van der Waals surface area contributed by atoms with Gasteiger partial charge in [-0.05, 0) is 12.8 Å². The van der Waals surface area contributed by atoms with Crippen LogP contribution in [0.2, 0.25) is 0 Å². The summed E-state index contributed by atoms with van der Waals surface area (Å²) in [5.41, 5.74) is 0.218. The average molecular weight is 263 g/mol. The van der Waals surface area contributed by atoms with Crippen LogP contribution in [0.3, 0.4) is 0 Å². The van der Waals surface area contributed by atoms with Gasteiger partial charge in [-0.25, -0.2) is 4.98 Å². The molecule has 2 N–H and O–H groups in total. The van der Waals surface area contributed by atoms with Gasteiger partial charge in [-0.2, -0.15) is 0 Å². The van der Waals surface area contributed by atoms with E-state index in [-0.39, 0.29) is 17.6 Å². The molecule has 6 heteroatoms. The van der Waals surface area contributed by atoms with Crippen LogP contribution in [0.4, 0.5) is 0 Å². The van der Waals surface area contributed by atoms with Crippen LogP contribution in [0.5, 0.6) is 0 Å². The molecule has 102 valence electrons. The fourth-order valence-electron chi connectivity index (χ4n) is 2.43. The molecule has 0 saturated heterocycles. The van der Waals surface area contributed by atoms with Gasteiger partial charge in [-0.1, -0.05) is 19.3 Å². The number of aromatic nitrogens is 2. The van der Waals surface area contributed by atoms with Crippen molar-refractivity contribution in [3.8, 4) is 0 Å². The minimum atomic E-state index is -0.841. The number of nitrogens with zero attached hydrogens (tertiary/aromatic N) is 2. The summed E-state index contributed by atoms with van der Waals surface area (Å²) in [7, 11) is 0. The van der Waals surface area contributed by atoms with Crippen molar-refractivity contribution in [3.05, 3.63) is 24.3 Å².